The zero-order chi connectivity index (χ0) is 16.5. The second kappa shape index (κ2) is 5.63. The lowest BCUT2D eigenvalue weighted by atomic mass is 10.2. The van der Waals surface area contributed by atoms with Crippen LogP contribution in [0.4, 0.5) is 19.0 Å². The summed E-state index contributed by atoms with van der Waals surface area (Å²) < 4.78 is 39.5. The average Bonchev–Trinajstić information content (AvgIpc) is 2.40. The monoisotopic (exact) mass is 311 g/mol. The molecule has 22 heavy (non-hydrogen) atoms. The van der Waals surface area contributed by atoms with Gasteiger partial charge in [0.05, 0.1) is 11.3 Å². The van der Waals surface area contributed by atoms with Crippen molar-refractivity contribution in [2.75, 3.05) is 5.32 Å². The molecule has 1 heterocycles. The lowest BCUT2D eigenvalue weighted by molar-refractivity contribution is -0.137. The number of benzene rings is 1. The number of alkyl halides is 3. The number of amides is 1. The minimum atomic E-state index is -4.48. The summed E-state index contributed by atoms with van der Waals surface area (Å²) in [7, 11) is 0. The van der Waals surface area contributed by atoms with E-state index in [1.807, 2.05) is 0 Å². The van der Waals surface area contributed by atoms with E-state index in [4.69, 9.17) is 0 Å². The fourth-order valence-corrected chi connectivity index (χ4v) is 1.88. The Bertz CT molecular complexity index is 782. The summed E-state index contributed by atoms with van der Waals surface area (Å²) >= 11 is 0. The minimum Gasteiger partial charge on any atom is -0.306 e. The first-order chi connectivity index (χ1) is 10.2. The van der Waals surface area contributed by atoms with Crippen LogP contribution in [0.15, 0.2) is 35.1 Å². The number of halogens is 3. The molecule has 1 N–H and O–H groups in total. The van der Waals surface area contributed by atoms with Crippen molar-refractivity contribution in [3.05, 3.63) is 51.8 Å². The Hall–Kier alpha value is -2.64. The molecule has 0 bridgehead atoms. The zero-order valence-electron chi connectivity index (χ0n) is 11.7. The van der Waals surface area contributed by atoms with Crippen molar-refractivity contribution in [1.29, 1.82) is 0 Å². The van der Waals surface area contributed by atoms with E-state index in [9.17, 15) is 22.8 Å². The van der Waals surface area contributed by atoms with E-state index < -0.39 is 23.1 Å². The van der Waals surface area contributed by atoms with Crippen LogP contribution >= 0.6 is 0 Å². The lowest BCUT2D eigenvalue weighted by Crippen LogP contribution is -2.21. The largest absolute Gasteiger partial charge is 0.416 e. The van der Waals surface area contributed by atoms with Gasteiger partial charge in [0.1, 0.15) is 0 Å². The molecule has 1 amide bonds. The van der Waals surface area contributed by atoms with Crippen LogP contribution in [0, 0.1) is 6.92 Å². The highest BCUT2D eigenvalue weighted by Gasteiger charge is 2.30. The second-order valence-electron chi connectivity index (χ2n) is 4.64. The maximum Gasteiger partial charge on any atom is 0.416 e. The van der Waals surface area contributed by atoms with Gasteiger partial charge in [0, 0.05) is 18.7 Å². The van der Waals surface area contributed by atoms with E-state index in [0.29, 0.717) is 5.69 Å². The molecule has 0 fully saturated rings. The summed E-state index contributed by atoms with van der Waals surface area (Å²) in [5.41, 5.74) is -0.862. The molecule has 1 aromatic heterocycles. The molecule has 2 rings (SSSR count). The highest BCUT2D eigenvalue weighted by Crippen LogP contribution is 2.30. The number of hydrogen-bond donors (Lipinski definition) is 1. The Morgan fingerprint density at radius 3 is 2.55 bits per heavy atom. The third-order valence-electron chi connectivity index (χ3n) is 2.82. The molecule has 0 saturated carbocycles. The van der Waals surface area contributed by atoms with Crippen LogP contribution in [0.2, 0.25) is 0 Å². The van der Waals surface area contributed by atoms with Gasteiger partial charge in [0.2, 0.25) is 17.2 Å². The minimum absolute atomic E-state index is 0.138. The first-order valence-electron chi connectivity index (χ1n) is 6.24. The van der Waals surface area contributed by atoms with E-state index in [0.717, 1.165) is 12.1 Å². The van der Waals surface area contributed by atoms with Gasteiger partial charge in [-0.15, -0.1) is 5.10 Å². The van der Waals surface area contributed by atoms with Crippen LogP contribution in [0.3, 0.4) is 0 Å². The summed E-state index contributed by atoms with van der Waals surface area (Å²) in [6.45, 7) is 2.74. The second-order valence-corrected chi connectivity index (χ2v) is 4.64. The lowest BCUT2D eigenvalue weighted by Gasteiger charge is -2.13. The third kappa shape index (κ3) is 3.33. The molecular formula is C14H12F3N3O2. The molecule has 0 spiro atoms. The van der Waals surface area contributed by atoms with Gasteiger partial charge in [-0.05, 0) is 25.1 Å². The van der Waals surface area contributed by atoms with Gasteiger partial charge in [-0.3, -0.25) is 9.59 Å². The quantitative estimate of drug-likeness (QED) is 0.927. The molecule has 5 nitrogen and oxygen atoms in total. The number of rotatable bonds is 2. The summed E-state index contributed by atoms with van der Waals surface area (Å²) in [6, 6.07) is 5.73. The van der Waals surface area contributed by atoms with Crippen molar-refractivity contribution in [3.63, 3.8) is 0 Å². The topological polar surface area (TPSA) is 64.0 Å². The molecule has 0 saturated heterocycles. The van der Waals surface area contributed by atoms with Crippen molar-refractivity contribution < 1.29 is 18.0 Å². The molecule has 0 aliphatic heterocycles. The van der Waals surface area contributed by atoms with Gasteiger partial charge in [0.25, 0.3) is 0 Å². The van der Waals surface area contributed by atoms with Gasteiger partial charge in [-0.25, -0.2) is 4.68 Å². The number of aryl methyl sites for hydroxylation is 1. The van der Waals surface area contributed by atoms with E-state index in [1.54, 1.807) is 0 Å². The third-order valence-corrected chi connectivity index (χ3v) is 2.82. The molecule has 2 aromatic rings. The summed E-state index contributed by atoms with van der Waals surface area (Å²) in [4.78, 5) is 22.8. The number of nitrogens with zero attached hydrogens (tertiary/aromatic N) is 2. The highest BCUT2D eigenvalue weighted by molar-refractivity contribution is 5.87. The number of carbonyl (C=O) groups excluding carboxylic acids is 1. The van der Waals surface area contributed by atoms with Gasteiger partial charge in [0.15, 0.2) is 0 Å². The van der Waals surface area contributed by atoms with Gasteiger partial charge in [-0.2, -0.15) is 13.2 Å². The Balaban J connectivity index is 2.57. The van der Waals surface area contributed by atoms with Crippen molar-refractivity contribution in [2.24, 2.45) is 0 Å². The predicted octanol–water partition coefficient (Wildman–Crippen LogP) is 2.52. The molecule has 0 atom stereocenters. The van der Waals surface area contributed by atoms with Crippen molar-refractivity contribution >= 4 is 11.7 Å². The SMILES string of the molecule is CC(=O)Nc1nn(-c2cccc(C(F)(F)F)c2)c(C)cc1=O. The average molecular weight is 311 g/mol. The van der Waals surface area contributed by atoms with E-state index >= 15 is 0 Å². The normalized spacial score (nSPS) is 11.3. The maximum atomic E-state index is 12.8. The van der Waals surface area contributed by atoms with Gasteiger partial charge < -0.3 is 5.32 Å². The van der Waals surface area contributed by atoms with Crippen LogP contribution in [0.1, 0.15) is 18.2 Å². The Labute approximate surface area is 123 Å². The van der Waals surface area contributed by atoms with E-state index in [-0.39, 0.29) is 11.5 Å². The Morgan fingerprint density at radius 2 is 1.95 bits per heavy atom. The number of carbonyl (C=O) groups is 1. The highest BCUT2D eigenvalue weighted by atomic mass is 19.4. The van der Waals surface area contributed by atoms with Gasteiger partial charge in [-0.1, -0.05) is 6.07 Å². The molecule has 0 aliphatic rings. The molecule has 0 aliphatic carbocycles. The van der Waals surface area contributed by atoms with Gasteiger partial charge >= 0.3 is 6.18 Å². The summed E-state index contributed by atoms with van der Waals surface area (Å²) in [5, 5.41) is 6.16. The first kappa shape index (κ1) is 15.7. The Kier molecular flexibility index (Phi) is 4.03. The maximum absolute atomic E-state index is 12.8. The van der Waals surface area contributed by atoms with Crippen LogP contribution in [0.25, 0.3) is 5.69 Å². The van der Waals surface area contributed by atoms with Crippen molar-refractivity contribution in [3.8, 4) is 5.69 Å². The molecule has 116 valence electrons. The fourth-order valence-electron chi connectivity index (χ4n) is 1.88. The molecule has 0 unspecified atom stereocenters. The number of anilines is 1. The number of aromatic nitrogens is 2. The van der Waals surface area contributed by atoms with E-state index in [2.05, 4.69) is 10.4 Å². The van der Waals surface area contributed by atoms with Crippen molar-refractivity contribution in [1.82, 2.24) is 9.78 Å². The smallest absolute Gasteiger partial charge is 0.306 e. The van der Waals surface area contributed by atoms with E-state index in [1.165, 1.54) is 36.7 Å². The molecule has 0 radical (unpaired) electrons. The number of nitrogens with one attached hydrogen (secondary N) is 1. The Morgan fingerprint density at radius 1 is 1.27 bits per heavy atom. The summed E-state index contributed by atoms with van der Waals surface area (Å²) in [5.74, 6) is -0.737. The standard InChI is InChI=1S/C14H12F3N3O2/c1-8-6-12(22)13(18-9(2)21)19-20(8)11-5-3-4-10(7-11)14(15,16)17/h3-7H,1-2H3,(H,18,19,21). The molecule has 1 aromatic carbocycles. The summed E-state index contributed by atoms with van der Waals surface area (Å²) in [6.07, 6.45) is -4.48. The van der Waals surface area contributed by atoms with Crippen LogP contribution in [-0.2, 0) is 11.0 Å². The fraction of sp³-hybridized carbons (Fsp3) is 0.214. The number of hydrogen-bond acceptors (Lipinski definition) is 3. The predicted molar refractivity (Wildman–Crippen MR) is 73.9 cm³/mol. The van der Waals surface area contributed by atoms with Crippen LogP contribution < -0.4 is 10.7 Å². The first-order valence-corrected chi connectivity index (χ1v) is 6.24. The zero-order valence-corrected chi connectivity index (χ0v) is 11.7. The van der Waals surface area contributed by atoms with Crippen molar-refractivity contribution in [2.45, 2.75) is 20.0 Å². The van der Waals surface area contributed by atoms with Crippen LogP contribution in [-0.4, -0.2) is 15.7 Å². The van der Waals surface area contributed by atoms with Crippen LogP contribution in [0.5, 0.6) is 0 Å². The molecular weight excluding hydrogens is 299 g/mol. The molecule has 8 heteroatoms.